The second kappa shape index (κ2) is 8.63. The van der Waals surface area contributed by atoms with Crippen LogP contribution in [0.2, 0.25) is 0 Å². The molecule has 2 rings (SSSR count). The van der Waals surface area contributed by atoms with Gasteiger partial charge in [0.05, 0.1) is 24.8 Å². The first-order chi connectivity index (χ1) is 11.6. The predicted octanol–water partition coefficient (Wildman–Crippen LogP) is 2.26. The number of esters is 1. The normalized spacial score (nSPS) is 17.1. The average molecular weight is 352 g/mol. The minimum atomic E-state index is -0.776. The first kappa shape index (κ1) is 18.2. The van der Waals surface area contributed by atoms with E-state index in [4.69, 9.17) is 21.7 Å². The molecule has 1 aliphatic rings. The monoisotopic (exact) mass is 352 g/mol. The quantitative estimate of drug-likeness (QED) is 0.580. The minimum Gasteiger partial charge on any atom is -0.494 e. The molecule has 0 fully saturated rings. The molecule has 5 nitrogen and oxygen atoms in total. The van der Waals surface area contributed by atoms with Crippen LogP contribution in [0.5, 0.6) is 5.75 Å². The summed E-state index contributed by atoms with van der Waals surface area (Å²) in [4.78, 5) is 12.3. The Balaban J connectivity index is 1.98. The van der Waals surface area contributed by atoms with Crippen LogP contribution >= 0.6 is 12.2 Å². The zero-order chi connectivity index (χ0) is 17.5. The lowest BCUT2D eigenvalue weighted by Gasteiger charge is -2.27. The predicted molar refractivity (Wildman–Crippen MR) is 93.6 cm³/mol. The molecule has 24 heavy (non-hydrogen) atoms. The average Bonchev–Trinajstić information content (AvgIpc) is 2.55. The smallest absolute Gasteiger partial charge is 0.337 e. The Morgan fingerprint density at radius 3 is 2.83 bits per heavy atom. The molecule has 0 spiro atoms. The van der Waals surface area contributed by atoms with Gasteiger partial charge in [-0.15, -0.1) is 0 Å². The second-order valence-corrected chi connectivity index (χ2v) is 5.68. The first-order valence-corrected chi connectivity index (χ1v) is 8.19. The van der Waals surface area contributed by atoms with Gasteiger partial charge in [-0.05, 0) is 37.7 Å². The van der Waals surface area contributed by atoms with E-state index in [2.05, 4.69) is 10.6 Å². The molecular formula is C17H21FN2O3S. The van der Waals surface area contributed by atoms with E-state index in [1.165, 1.54) is 0 Å². The highest BCUT2D eigenvalue weighted by Crippen LogP contribution is 2.19. The van der Waals surface area contributed by atoms with E-state index in [9.17, 15) is 9.18 Å². The summed E-state index contributed by atoms with van der Waals surface area (Å²) in [5.74, 6) is 0.228. The highest BCUT2D eigenvalue weighted by molar-refractivity contribution is 7.80. The number of nitrogens with one attached hydrogen (secondary N) is 2. The topological polar surface area (TPSA) is 59.6 Å². The minimum absolute atomic E-state index is 0.184. The molecule has 2 N–H and O–H groups in total. The van der Waals surface area contributed by atoms with Crippen molar-refractivity contribution in [2.24, 2.45) is 0 Å². The summed E-state index contributed by atoms with van der Waals surface area (Å²) in [6.45, 7) is 3.60. The third-order valence-electron chi connectivity index (χ3n) is 3.61. The Morgan fingerprint density at radius 1 is 1.38 bits per heavy atom. The van der Waals surface area contributed by atoms with Crippen LogP contribution in [-0.2, 0) is 16.0 Å². The van der Waals surface area contributed by atoms with Crippen molar-refractivity contribution in [3.05, 3.63) is 41.1 Å². The molecule has 1 unspecified atom stereocenters. The zero-order valence-electron chi connectivity index (χ0n) is 13.7. The van der Waals surface area contributed by atoms with Gasteiger partial charge in [-0.25, -0.2) is 9.18 Å². The molecular weight excluding hydrogens is 331 g/mol. The van der Waals surface area contributed by atoms with Gasteiger partial charge >= 0.3 is 5.97 Å². The van der Waals surface area contributed by atoms with Gasteiger partial charge in [0.25, 0.3) is 0 Å². The van der Waals surface area contributed by atoms with Crippen LogP contribution in [0.4, 0.5) is 4.39 Å². The molecule has 0 saturated heterocycles. The maximum absolute atomic E-state index is 13.2. The fourth-order valence-corrected chi connectivity index (χ4v) is 2.81. The van der Waals surface area contributed by atoms with Crippen molar-refractivity contribution in [2.75, 3.05) is 19.9 Å². The van der Waals surface area contributed by atoms with E-state index in [0.717, 1.165) is 11.3 Å². The van der Waals surface area contributed by atoms with E-state index < -0.39 is 18.7 Å². The zero-order valence-corrected chi connectivity index (χ0v) is 14.5. The maximum Gasteiger partial charge on any atom is 0.337 e. The Bertz CT molecular complexity index is 648. The van der Waals surface area contributed by atoms with E-state index in [0.29, 0.717) is 23.8 Å². The SMILES string of the molecule is CCOc1ccccc1CCOC(=O)C1=C(C)NC(=S)NC1CF. The number of benzene rings is 1. The number of carbonyl (C=O) groups is 1. The summed E-state index contributed by atoms with van der Waals surface area (Å²) in [7, 11) is 0. The summed E-state index contributed by atoms with van der Waals surface area (Å²) in [6.07, 6.45) is 0.522. The van der Waals surface area contributed by atoms with Gasteiger partial charge in [0.2, 0.25) is 0 Å². The van der Waals surface area contributed by atoms with Crippen molar-refractivity contribution >= 4 is 23.3 Å². The van der Waals surface area contributed by atoms with Crippen molar-refractivity contribution in [1.29, 1.82) is 0 Å². The van der Waals surface area contributed by atoms with Gasteiger partial charge in [0.1, 0.15) is 12.4 Å². The number of thiocarbonyl (C=S) groups is 1. The van der Waals surface area contributed by atoms with Gasteiger partial charge < -0.3 is 20.1 Å². The third kappa shape index (κ3) is 4.44. The summed E-state index contributed by atoms with van der Waals surface area (Å²) in [6, 6.07) is 6.82. The van der Waals surface area contributed by atoms with E-state index in [1.54, 1.807) is 6.92 Å². The highest BCUT2D eigenvalue weighted by atomic mass is 32.1. The number of hydrogen-bond acceptors (Lipinski definition) is 4. The molecule has 1 aliphatic heterocycles. The molecule has 0 amide bonds. The Kier molecular flexibility index (Phi) is 6.54. The van der Waals surface area contributed by atoms with E-state index in [1.807, 2.05) is 31.2 Å². The molecule has 0 bridgehead atoms. The first-order valence-electron chi connectivity index (χ1n) is 7.78. The van der Waals surface area contributed by atoms with Crippen molar-refractivity contribution in [3.63, 3.8) is 0 Å². The lowest BCUT2D eigenvalue weighted by molar-refractivity contribution is -0.139. The molecule has 0 aromatic heterocycles. The fourth-order valence-electron chi connectivity index (χ4n) is 2.51. The van der Waals surface area contributed by atoms with Crippen LogP contribution in [0.15, 0.2) is 35.5 Å². The van der Waals surface area contributed by atoms with Gasteiger partial charge in [-0.3, -0.25) is 0 Å². The van der Waals surface area contributed by atoms with Gasteiger partial charge in [-0.1, -0.05) is 18.2 Å². The Morgan fingerprint density at radius 2 is 2.12 bits per heavy atom. The number of halogens is 1. The summed E-state index contributed by atoms with van der Waals surface area (Å²) >= 11 is 4.97. The molecule has 1 aromatic carbocycles. The molecule has 1 aromatic rings. The van der Waals surface area contributed by atoms with Gasteiger partial charge in [0, 0.05) is 12.1 Å². The van der Waals surface area contributed by atoms with Crippen LogP contribution in [0.1, 0.15) is 19.4 Å². The van der Waals surface area contributed by atoms with Crippen LogP contribution in [0, 0.1) is 0 Å². The molecule has 130 valence electrons. The Labute approximate surface area is 146 Å². The number of para-hydroxylation sites is 1. The van der Waals surface area contributed by atoms with Crippen molar-refractivity contribution in [2.45, 2.75) is 26.3 Å². The van der Waals surface area contributed by atoms with Crippen LogP contribution in [0.3, 0.4) is 0 Å². The lowest BCUT2D eigenvalue weighted by atomic mass is 10.0. The number of ether oxygens (including phenoxy) is 2. The number of alkyl halides is 1. The van der Waals surface area contributed by atoms with Crippen molar-refractivity contribution in [3.8, 4) is 5.75 Å². The number of hydrogen-bond donors (Lipinski definition) is 2. The van der Waals surface area contributed by atoms with Gasteiger partial charge in [0.15, 0.2) is 5.11 Å². The summed E-state index contributed by atoms with van der Waals surface area (Å²) < 4.78 is 24.0. The van der Waals surface area contributed by atoms with Crippen molar-refractivity contribution < 1.29 is 18.7 Å². The van der Waals surface area contributed by atoms with E-state index >= 15 is 0 Å². The van der Waals surface area contributed by atoms with E-state index in [-0.39, 0.29) is 12.2 Å². The van der Waals surface area contributed by atoms with Crippen molar-refractivity contribution in [1.82, 2.24) is 10.6 Å². The maximum atomic E-state index is 13.2. The van der Waals surface area contributed by atoms with Crippen LogP contribution in [0.25, 0.3) is 0 Å². The summed E-state index contributed by atoms with van der Waals surface area (Å²) in [5, 5.41) is 5.85. The molecule has 1 heterocycles. The largest absolute Gasteiger partial charge is 0.494 e. The number of carbonyl (C=O) groups excluding carboxylic acids is 1. The molecule has 7 heteroatoms. The number of rotatable bonds is 7. The molecule has 0 aliphatic carbocycles. The van der Waals surface area contributed by atoms with Crippen LogP contribution < -0.4 is 15.4 Å². The fraction of sp³-hybridized carbons (Fsp3) is 0.412. The Hall–Kier alpha value is -2.15. The highest BCUT2D eigenvalue weighted by Gasteiger charge is 2.29. The van der Waals surface area contributed by atoms with Gasteiger partial charge in [-0.2, -0.15) is 0 Å². The second-order valence-electron chi connectivity index (χ2n) is 5.27. The lowest BCUT2D eigenvalue weighted by Crippen LogP contribution is -2.50. The summed E-state index contributed by atoms with van der Waals surface area (Å²) in [5.41, 5.74) is 1.71. The number of allylic oxidation sites excluding steroid dienone is 1. The molecule has 0 saturated carbocycles. The molecule has 0 radical (unpaired) electrons. The third-order valence-corrected chi connectivity index (χ3v) is 3.83. The standard InChI is InChI=1S/C17H21FN2O3S/c1-3-22-14-7-5-4-6-12(14)8-9-23-16(21)15-11(2)19-17(24)20-13(15)10-18/h4-7,13H,3,8-10H2,1-2H3,(H2,19,20,24). The molecule has 1 atom stereocenters. The van der Waals surface area contributed by atoms with Crippen LogP contribution in [-0.4, -0.2) is 37.0 Å².